The van der Waals surface area contributed by atoms with Crippen molar-refractivity contribution < 1.29 is 27.5 Å². The molecule has 0 heterocycles. The number of benzene rings is 1. The molecule has 1 aromatic carbocycles. The van der Waals surface area contributed by atoms with E-state index in [0.717, 1.165) is 6.08 Å². The molecule has 23 heavy (non-hydrogen) atoms. The van der Waals surface area contributed by atoms with Crippen molar-refractivity contribution in [2.24, 2.45) is 0 Å². The van der Waals surface area contributed by atoms with Crippen LogP contribution < -0.4 is 9.46 Å². The minimum Gasteiger partial charge on any atom is -0.495 e. The van der Waals surface area contributed by atoms with Crippen molar-refractivity contribution in [3.63, 3.8) is 0 Å². The summed E-state index contributed by atoms with van der Waals surface area (Å²) >= 11 is 0. The molecule has 0 aromatic heterocycles. The number of Topliss-reactive ketones (excluding diaryl/α,β-unsaturated/α-hetero) is 1. The van der Waals surface area contributed by atoms with E-state index >= 15 is 0 Å². The normalized spacial score (nSPS) is 12.9. The van der Waals surface area contributed by atoms with Crippen LogP contribution in [0.5, 0.6) is 5.75 Å². The maximum absolute atomic E-state index is 11.9. The van der Waals surface area contributed by atoms with E-state index in [0.29, 0.717) is 5.56 Å². The van der Waals surface area contributed by atoms with Crippen LogP contribution in [0.1, 0.15) is 19.4 Å². The monoisotopic (exact) mass is 341 g/mol. The first-order valence-corrected chi connectivity index (χ1v) is 8.20. The smallest absolute Gasteiger partial charge is 0.331 e. The molecule has 0 bridgehead atoms. The van der Waals surface area contributed by atoms with Crippen LogP contribution >= 0.6 is 0 Å². The Bertz CT molecular complexity index is 723. The fourth-order valence-corrected chi connectivity index (χ4v) is 2.51. The highest BCUT2D eigenvalue weighted by Crippen LogP contribution is 2.25. The average molecular weight is 341 g/mol. The summed E-state index contributed by atoms with van der Waals surface area (Å²) in [6.07, 6.45) is 1.68. The second kappa shape index (κ2) is 7.89. The van der Waals surface area contributed by atoms with E-state index in [1.165, 1.54) is 46.2 Å². The van der Waals surface area contributed by atoms with Crippen LogP contribution in [0.15, 0.2) is 29.2 Å². The minimum atomic E-state index is -3.70. The van der Waals surface area contributed by atoms with Gasteiger partial charge >= 0.3 is 5.97 Å². The van der Waals surface area contributed by atoms with E-state index in [2.05, 4.69) is 4.72 Å². The average Bonchev–Trinajstić information content (AvgIpc) is 2.52. The molecule has 0 radical (unpaired) electrons. The van der Waals surface area contributed by atoms with Crippen molar-refractivity contribution in [3.8, 4) is 5.75 Å². The predicted molar refractivity (Wildman–Crippen MR) is 84.5 cm³/mol. The Kier molecular flexibility index (Phi) is 6.47. The van der Waals surface area contributed by atoms with Gasteiger partial charge in [0, 0.05) is 6.08 Å². The quantitative estimate of drug-likeness (QED) is 0.590. The van der Waals surface area contributed by atoms with Crippen LogP contribution in [-0.4, -0.2) is 40.4 Å². The van der Waals surface area contributed by atoms with Gasteiger partial charge in [-0.1, -0.05) is 6.07 Å². The lowest BCUT2D eigenvalue weighted by Crippen LogP contribution is -2.20. The van der Waals surface area contributed by atoms with E-state index < -0.39 is 22.1 Å². The first kappa shape index (κ1) is 18.9. The lowest BCUT2D eigenvalue weighted by molar-refractivity contribution is -0.148. The fourth-order valence-electron chi connectivity index (χ4n) is 1.58. The molecular weight excluding hydrogens is 322 g/mol. The van der Waals surface area contributed by atoms with Gasteiger partial charge in [0.25, 0.3) is 0 Å². The Morgan fingerprint density at radius 3 is 2.48 bits per heavy atom. The first-order chi connectivity index (χ1) is 10.7. The van der Waals surface area contributed by atoms with Crippen molar-refractivity contribution in [2.45, 2.75) is 24.8 Å². The van der Waals surface area contributed by atoms with Gasteiger partial charge in [-0.25, -0.2) is 17.9 Å². The lowest BCUT2D eigenvalue weighted by Gasteiger charge is -2.09. The Morgan fingerprint density at radius 2 is 1.96 bits per heavy atom. The van der Waals surface area contributed by atoms with Crippen molar-refractivity contribution in [3.05, 3.63) is 29.8 Å². The van der Waals surface area contributed by atoms with Crippen LogP contribution in [0, 0.1) is 0 Å². The third-order valence-electron chi connectivity index (χ3n) is 3.02. The van der Waals surface area contributed by atoms with Crippen LogP contribution in [-0.2, 0) is 24.3 Å². The van der Waals surface area contributed by atoms with Gasteiger partial charge in [0.15, 0.2) is 11.9 Å². The molecule has 0 spiro atoms. The summed E-state index contributed by atoms with van der Waals surface area (Å²) in [6, 6.07) is 4.43. The number of esters is 1. The second-order valence-corrected chi connectivity index (χ2v) is 6.50. The summed E-state index contributed by atoms with van der Waals surface area (Å²) in [5, 5.41) is 0. The van der Waals surface area contributed by atoms with E-state index in [-0.39, 0.29) is 16.4 Å². The van der Waals surface area contributed by atoms with E-state index in [1.54, 1.807) is 6.07 Å². The molecule has 0 aliphatic heterocycles. The standard InChI is InChI=1S/C15H19NO6S/c1-10(17)11(2)22-15(18)8-6-12-5-7-13(21-4)14(9-12)23(19,20)16-3/h5-9,11,16H,1-4H3/b8-6+/t11-/m1/s1. The number of methoxy groups -OCH3 is 1. The van der Waals surface area contributed by atoms with E-state index in [9.17, 15) is 18.0 Å². The summed E-state index contributed by atoms with van der Waals surface area (Å²) in [5.74, 6) is -0.774. The summed E-state index contributed by atoms with van der Waals surface area (Å²) in [6.45, 7) is 2.79. The molecule has 0 unspecified atom stereocenters. The first-order valence-electron chi connectivity index (χ1n) is 6.72. The maximum atomic E-state index is 11.9. The number of ketones is 1. The zero-order valence-corrected chi connectivity index (χ0v) is 14.1. The maximum Gasteiger partial charge on any atom is 0.331 e. The molecule has 1 atom stereocenters. The molecule has 126 valence electrons. The molecule has 0 aliphatic rings. The summed E-state index contributed by atoms with van der Waals surface area (Å²) in [7, 11) is -1.05. The highest BCUT2D eigenvalue weighted by molar-refractivity contribution is 7.89. The van der Waals surface area contributed by atoms with Gasteiger partial charge in [-0.05, 0) is 44.7 Å². The van der Waals surface area contributed by atoms with E-state index in [4.69, 9.17) is 9.47 Å². The number of hydrogen-bond donors (Lipinski definition) is 1. The highest BCUT2D eigenvalue weighted by atomic mass is 32.2. The summed E-state index contributed by atoms with van der Waals surface area (Å²) in [5.41, 5.74) is 0.465. The largest absolute Gasteiger partial charge is 0.495 e. The van der Waals surface area contributed by atoms with Gasteiger partial charge in [0.05, 0.1) is 7.11 Å². The third-order valence-corrected chi connectivity index (χ3v) is 4.46. The van der Waals surface area contributed by atoms with Crippen molar-refractivity contribution in [2.75, 3.05) is 14.2 Å². The highest BCUT2D eigenvalue weighted by Gasteiger charge is 2.18. The van der Waals surface area contributed by atoms with Gasteiger partial charge in [0.1, 0.15) is 10.6 Å². The molecule has 0 fully saturated rings. The molecule has 0 saturated heterocycles. The molecule has 0 saturated carbocycles. The number of sulfonamides is 1. The van der Waals surface area contributed by atoms with Crippen LogP contribution in [0.25, 0.3) is 6.08 Å². The molecule has 0 amide bonds. The van der Waals surface area contributed by atoms with E-state index in [1.807, 2.05) is 0 Å². The molecule has 0 aliphatic carbocycles. The Labute approximate surface area is 135 Å². The van der Waals surface area contributed by atoms with Crippen molar-refractivity contribution in [1.29, 1.82) is 0 Å². The predicted octanol–water partition coefficient (Wildman–Crippen LogP) is 1.14. The molecule has 1 rings (SSSR count). The number of carbonyl (C=O) groups is 2. The van der Waals surface area contributed by atoms with Gasteiger partial charge in [-0.3, -0.25) is 4.79 Å². The number of nitrogens with one attached hydrogen (secondary N) is 1. The van der Waals surface area contributed by atoms with Crippen molar-refractivity contribution in [1.82, 2.24) is 4.72 Å². The summed E-state index contributed by atoms with van der Waals surface area (Å²) < 4.78 is 36.0. The van der Waals surface area contributed by atoms with Gasteiger partial charge in [-0.2, -0.15) is 0 Å². The van der Waals surface area contributed by atoms with Crippen molar-refractivity contribution >= 4 is 27.9 Å². The topological polar surface area (TPSA) is 98.8 Å². The molecule has 7 nitrogen and oxygen atoms in total. The Hall–Kier alpha value is -2.19. The van der Waals surface area contributed by atoms with Crippen LogP contribution in [0.3, 0.4) is 0 Å². The third kappa shape index (κ3) is 5.19. The zero-order chi connectivity index (χ0) is 17.6. The zero-order valence-electron chi connectivity index (χ0n) is 13.3. The number of carbonyl (C=O) groups excluding carboxylic acids is 2. The van der Waals surface area contributed by atoms with Crippen LogP contribution in [0.4, 0.5) is 0 Å². The fraction of sp³-hybridized carbons (Fsp3) is 0.333. The molecule has 1 aromatic rings. The number of hydrogen-bond acceptors (Lipinski definition) is 6. The van der Waals surface area contributed by atoms with Gasteiger partial charge < -0.3 is 9.47 Å². The van der Waals surface area contributed by atoms with Gasteiger partial charge in [0.2, 0.25) is 10.0 Å². The SMILES string of the molecule is CNS(=O)(=O)c1cc(/C=C/C(=O)O[C@H](C)C(C)=O)ccc1OC. The number of rotatable bonds is 7. The molecule has 1 N–H and O–H groups in total. The summed E-state index contributed by atoms with van der Waals surface area (Å²) in [4.78, 5) is 22.6. The second-order valence-electron chi connectivity index (χ2n) is 4.64. The molecule has 8 heteroatoms. The van der Waals surface area contributed by atoms with Gasteiger partial charge in [-0.15, -0.1) is 0 Å². The molecular formula is C15H19NO6S. The Balaban J connectivity index is 3.02. The van der Waals surface area contributed by atoms with Crippen LogP contribution in [0.2, 0.25) is 0 Å². The minimum absolute atomic E-state index is 0.0462. The Morgan fingerprint density at radius 1 is 1.30 bits per heavy atom. The number of ether oxygens (including phenoxy) is 2. The lowest BCUT2D eigenvalue weighted by atomic mass is 10.2.